The summed E-state index contributed by atoms with van der Waals surface area (Å²) in [5.41, 5.74) is 9.69. The van der Waals surface area contributed by atoms with Gasteiger partial charge in [-0.2, -0.15) is 0 Å². The summed E-state index contributed by atoms with van der Waals surface area (Å²) in [7, 11) is 0. The summed E-state index contributed by atoms with van der Waals surface area (Å²) in [5, 5.41) is 4.98. The minimum Gasteiger partial charge on any atom is -0.264 e. The van der Waals surface area contributed by atoms with Gasteiger partial charge in [-0.25, -0.2) is 15.0 Å². The monoisotopic (exact) mass is 694 g/mol. The maximum Gasteiger partial charge on any atom is 0.164 e. The van der Waals surface area contributed by atoms with Crippen molar-refractivity contribution in [1.29, 1.82) is 0 Å². The molecule has 0 radical (unpaired) electrons. The lowest BCUT2D eigenvalue weighted by Gasteiger charge is -2.12. The van der Waals surface area contributed by atoms with Crippen molar-refractivity contribution in [1.82, 2.24) is 19.9 Å². The molecule has 4 nitrogen and oxygen atoms in total. The zero-order chi connectivity index (χ0) is 35.1. The third-order valence-electron chi connectivity index (χ3n) is 9.82. The molecule has 0 spiro atoms. The third-order valence-corrected chi connectivity index (χ3v) is 11.0. The van der Waals surface area contributed by atoms with Crippen LogP contribution in [-0.2, 0) is 0 Å². The largest absolute Gasteiger partial charge is 0.264 e. The first-order valence-corrected chi connectivity index (χ1v) is 18.4. The molecule has 0 unspecified atom stereocenters. The fourth-order valence-corrected chi connectivity index (χ4v) is 8.41. The van der Waals surface area contributed by atoms with Crippen LogP contribution in [0.5, 0.6) is 0 Å². The Morgan fingerprint density at radius 3 is 1.51 bits per heavy atom. The number of benzene rings is 7. The van der Waals surface area contributed by atoms with E-state index in [9.17, 15) is 0 Å². The molecule has 0 aliphatic carbocycles. The summed E-state index contributed by atoms with van der Waals surface area (Å²) in [4.78, 5) is 19.5. The first-order chi connectivity index (χ1) is 26.2. The Hall–Kier alpha value is -6.82. The van der Waals surface area contributed by atoms with E-state index in [-0.39, 0.29) is 0 Å². The van der Waals surface area contributed by atoms with Crippen molar-refractivity contribution in [2.75, 3.05) is 0 Å². The molecule has 7 aromatic carbocycles. The highest BCUT2D eigenvalue weighted by Crippen LogP contribution is 2.41. The molecule has 5 heteroatoms. The summed E-state index contributed by atoms with van der Waals surface area (Å²) in [6.07, 6.45) is 3.85. The Morgan fingerprint density at radius 2 is 0.830 bits per heavy atom. The molecule has 0 aliphatic heterocycles. The van der Waals surface area contributed by atoms with Crippen molar-refractivity contribution in [3.63, 3.8) is 0 Å². The Balaban J connectivity index is 1.06. The van der Waals surface area contributed by atoms with Crippen molar-refractivity contribution >= 4 is 42.3 Å². The topological polar surface area (TPSA) is 51.6 Å². The molecule has 0 fully saturated rings. The van der Waals surface area contributed by atoms with Crippen LogP contribution in [0.25, 0.3) is 98.5 Å². The number of hydrogen-bond acceptors (Lipinski definition) is 5. The molecule has 10 aromatic rings. The van der Waals surface area contributed by atoms with Gasteiger partial charge in [0.05, 0.1) is 0 Å². The van der Waals surface area contributed by atoms with Crippen LogP contribution in [0.2, 0.25) is 0 Å². The average molecular weight is 695 g/mol. The molecular formula is C48H30N4S. The maximum atomic E-state index is 5.08. The molecule has 53 heavy (non-hydrogen) atoms. The van der Waals surface area contributed by atoms with E-state index in [1.807, 2.05) is 60.1 Å². The number of nitrogens with zero attached hydrogens (tertiary/aromatic N) is 4. The van der Waals surface area contributed by atoms with Gasteiger partial charge in [-0.1, -0.05) is 146 Å². The molecule has 10 rings (SSSR count). The highest BCUT2D eigenvalue weighted by molar-refractivity contribution is 7.26. The Morgan fingerprint density at radius 1 is 0.340 bits per heavy atom. The molecule has 3 heterocycles. The number of thiophene rings is 1. The SMILES string of the molecule is c1ccc(-c2cccc(-c3nc(-c4ccccc4)nc(-c4cccc(-c5cccc(-c6cccc7c6ccc6c8cnccc8sc76)c5)c4)n3)c2)cc1. The fraction of sp³-hybridized carbons (Fsp3) is 0. The van der Waals surface area contributed by atoms with E-state index >= 15 is 0 Å². The predicted molar refractivity (Wildman–Crippen MR) is 221 cm³/mol. The van der Waals surface area contributed by atoms with Crippen LogP contribution in [0.1, 0.15) is 0 Å². The molecular weight excluding hydrogens is 665 g/mol. The highest BCUT2D eigenvalue weighted by atomic mass is 32.1. The van der Waals surface area contributed by atoms with Crippen LogP contribution in [0, 0.1) is 0 Å². The lowest BCUT2D eigenvalue weighted by Crippen LogP contribution is -2.00. The van der Waals surface area contributed by atoms with Gasteiger partial charge < -0.3 is 0 Å². The fourth-order valence-electron chi connectivity index (χ4n) is 7.21. The van der Waals surface area contributed by atoms with Gasteiger partial charge in [-0.15, -0.1) is 11.3 Å². The zero-order valence-corrected chi connectivity index (χ0v) is 29.3. The van der Waals surface area contributed by atoms with E-state index in [1.165, 1.54) is 42.1 Å². The number of pyridine rings is 1. The summed E-state index contributed by atoms with van der Waals surface area (Å²) in [6, 6.07) is 59.5. The number of aromatic nitrogens is 4. The van der Waals surface area contributed by atoms with E-state index < -0.39 is 0 Å². The van der Waals surface area contributed by atoms with Gasteiger partial charge in [0, 0.05) is 54.6 Å². The second kappa shape index (κ2) is 13.1. The number of rotatable bonds is 6. The predicted octanol–water partition coefficient (Wildman–Crippen LogP) is 12.8. The molecule has 0 bridgehead atoms. The quantitative estimate of drug-likeness (QED) is 0.174. The lowest BCUT2D eigenvalue weighted by atomic mass is 9.94. The molecule has 3 aromatic heterocycles. The minimum atomic E-state index is 0.633. The van der Waals surface area contributed by atoms with E-state index in [1.54, 1.807) is 0 Å². The molecule has 0 atom stereocenters. The first kappa shape index (κ1) is 31.0. The van der Waals surface area contributed by atoms with Gasteiger partial charge in [0.2, 0.25) is 0 Å². The highest BCUT2D eigenvalue weighted by Gasteiger charge is 2.15. The van der Waals surface area contributed by atoms with Crippen LogP contribution < -0.4 is 0 Å². The van der Waals surface area contributed by atoms with Gasteiger partial charge in [-0.3, -0.25) is 4.98 Å². The van der Waals surface area contributed by atoms with Crippen molar-refractivity contribution in [3.8, 4) is 67.5 Å². The Kier molecular flexibility index (Phi) is 7.63. The van der Waals surface area contributed by atoms with Gasteiger partial charge in [-0.05, 0) is 63.0 Å². The molecule has 248 valence electrons. The van der Waals surface area contributed by atoms with Crippen molar-refractivity contribution in [3.05, 3.63) is 182 Å². The summed E-state index contributed by atoms with van der Waals surface area (Å²) in [5.74, 6) is 1.91. The van der Waals surface area contributed by atoms with Gasteiger partial charge in [0.25, 0.3) is 0 Å². The summed E-state index contributed by atoms with van der Waals surface area (Å²) < 4.78 is 2.56. The molecule has 0 saturated carbocycles. The van der Waals surface area contributed by atoms with Crippen LogP contribution >= 0.6 is 11.3 Å². The van der Waals surface area contributed by atoms with Crippen LogP contribution in [0.15, 0.2) is 182 Å². The number of fused-ring (bicyclic) bond motifs is 5. The molecule has 0 saturated heterocycles. The van der Waals surface area contributed by atoms with Gasteiger partial charge >= 0.3 is 0 Å². The van der Waals surface area contributed by atoms with E-state index in [0.29, 0.717) is 17.5 Å². The van der Waals surface area contributed by atoms with Crippen molar-refractivity contribution in [2.24, 2.45) is 0 Å². The maximum absolute atomic E-state index is 5.08. The molecule has 0 N–H and O–H groups in total. The average Bonchev–Trinajstić information content (AvgIpc) is 3.63. The number of hydrogen-bond donors (Lipinski definition) is 0. The first-order valence-electron chi connectivity index (χ1n) is 17.6. The molecule has 0 aliphatic rings. The van der Waals surface area contributed by atoms with Gasteiger partial charge in [0.1, 0.15) is 0 Å². The molecule has 0 amide bonds. The van der Waals surface area contributed by atoms with Crippen LogP contribution in [-0.4, -0.2) is 19.9 Å². The normalized spacial score (nSPS) is 11.4. The minimum absolute atomic E-state index is 0.633. The van der Waals surface area contributed by atoms with E-state index in [0.717, 1.165) is 38.9 Å². The van der Waals surface area contributed by atoms with E-state index in [2.05, 4.69) is 138 Å². The lowest BCUT2D eigenvalue weighted by molar-refractivity contribution is 1.07. The Bertz CT molecular complexity index is 2950. The zero-order valence-electron chi connectivity index (χ0n) is 28.5. The van der Waals surface area contributed by atoms with Crippen LogP contribution in [0.4, 0.5) is 0 Å². The van der Waals surface area contributed by atoms with Crippen molar-refractivity contribution in [2.45, 2.75) is 0 Å². The summed E-state index contributed by atoms with van der Waals surface area (Å²) in [6.45, 7) is 0. The second-order valence-electron chi connectivity index (χ2n) is 13.1. The smallest absolute Gasteiger partial charge is 0.164 e. The standard InChI is InChI=1S/C48H30N4S/c1-3-11-31(12-4-1)33-15-8-19-37(28-33)47-50-46(32-13-5-2-6-14-32)51-48(52-47)38-20-9-17-35(29-38)34-16-7-18-36(27-34)39-21-10-22-41-40(39)23-24-42-43-30-49-26-25-44(43)53-45(41)42/h1-30H. The van der Waals surface area contributed by atoms with Crippen molar-refractivity contribution < 1.29 is 0 Å². The Labute approximate surface area is 310 Å². The van der Waals surface area contributed by atoms with Crippen LogP contribution in [0.3, 0.4) is 0 Å². The third kappa shape index (κ3) is 5.74. The second-order valence-corrected chi connectivity index (χ2v) is 14.1. The van der Waals surface area contributed by atoms with E-state index in [4.69, 9.17) is 15.0 Å². The summed E-state index contributed by atoms with van der Waals surface area (Å²) >= 11 is 1.84. The van der Waals surface area contributed by atoms with Gasteiger partial charge in [0.15, 0.2) is 17.5 Å².